The van der Waals surface area contributed by atoms with Crippen LogP contribution in [-0.4, -0.2) is 21.1 Å². The second kappa shape index (κ2) is 4.90. The molecule has 0 heterocycles. The normalized spacial score (nSPS) is 12.7. The number of sulfonamides is 1. The Labute approximate surface area is 105 Å². The third kappa shape index (κ3) is 3.72. The van der Waals surface area contributed by atoms with Crippen LogP contribution in [0.3, 0.4) is 0 Å². The van der Waals surface area contributed by atoms with E-state index < -0.39 is 39.1 Å². The van der Waals surface area contributed by atoms with Crippen molar-refractivity contribution in [3.63, 3.8) is 0 Å². The van der Waals surface area contributed by atoms with Gasteiger partial charge in [0.1, 0.15) is 11.4 Å². The number of nitrogens with two attached hydrogens (primary N) is 1. The lowest BCUT2D eigenvalue weighted by molar-refractivity contribution is -0.121. The molecule has 0 aliphatic heterocycles. The van der Waals surface area contributed by atoms with Crippen LogP contribution >= 0.6 is 11.6 Å². The van der Waals surface area contributed by atoms with Crippen LogP contribution in [0, 0.1) is 5.82 Å². The maximum atomic E-state index is 13.4. The lowest BCUT2D eigenvalue weighted by atomic mass is 10.3. The molecule has 0 amide bonds. The zero-order valence-corrected chi connectivity index (χ0v) is 10.1. The Morgan fingerprint density at radius 2 is 1.89 bits per heavy atom. The van der Waals surface area contributed by atoms with Gasteiger partial charge in [0.15, 0.2) is 5.82 Å². The average molecular weight is 307 g/mol. The Balaban J connectivity index is 3.13. The van der Waals surface area contributed by atoms with E-state index in [-0.39, 0.29) is 5.02 Å². The first-order chi connectivity index (χ1) is 8.03. The summed E-state index contributed by atoms with van der Waals surface area (Å²) in [5.74, 6) is -1.35. The summed E-state index contributed by atoms with van der Waals surface area (Å²) in [7, 11) is -4.68. The van der Waals surface area contributed by atoms with Crippen molar-refractivity contribution in [2.45, 2.75) is 11.1 Å². The standard InChI is InChI=1S/C8H7ClF4N2O2S/c9-4-1-5(14)7(10)6(2-4)18(16,17)15-3-8(11,12)13/h1-2,15H,3,14H2. The molecule has 0 aliphatic carbocycles. The van der Waals surface area contributed by atoms with Crippen LogP contribution in [0.4, 0.5) is 23.2 Å². The number of alkyl halides is 3. The van der Waals surface area contributed by atoms with E-state index >= 15 is 0 Å². The van der Waals surface area contributed by atoms with Crippen molar-refractivity contribution in [2.75, 3.05) is 12.3 Å². The molecule has 0 aromatic heterocycles. The van der Waals surface area contributed by atoms with E-state index in [1.165, 1.54) is 4.72 Å². The molecule has 0 unspecified atom stereocenters. The number of rotatable bonds is 3. The molecule has 0 aliphatic rings. The second-order valence-electron chi connectivity index (χ2n) is 3.25. The van der Waals surface area contributed by atoms with Gasteiger partial charge in [0.25, 0.3) is 0 Å². The van der Waals surface area contributed by atoms with Gasteiger partial charge in [-0.2, -0.15) is 13.2 Å². The molecule has 0 fully saturated rings. The Kier molecular flexibility index (Phi) is 4.08. The molecule has 0 saturated carbocycles. The maximum Gasteiger partial charge on any atom is 0.402 e. The van der Waals surface area contributed by atoms with Gasteiger partial charge >= 0.3 is 6.18 Å². The molecule has 18 heavy (non-hydrogen) atoms. The molecule has 0 radical (unpaired) electrons. The highest BCUT2D eigenvalue weighted by Crippen LogP contribution is 2.25. The van der Waals surface area contributed by atoms with Crippen LogP contribution < -0.4 is 10.5 Å². The van der Waals surface area contributed by atoms with Crippen LogP contribution in [0.5, 0.6) is 0 Å². The molecule has 102 valence electrons. The first-order valence-electron chi connectivity index (χ1n) is 4.34. The summed E-state index contributed by atoms with van der Waals surface area (Å²) in [5, 5.41) is -0.207. The van der Waals surface area contributed by atoms with E-state index in [0.29, 0.717) is 6.07 Å². The minimum atomic E-state index is -4.76. The van der Waals surface area contributed by atoms with E-state index in [2.05, 4.69) is 0 Å². The van der Waals surface area contributed by atoms with Crippen molar-refractivity contribution >= 4 is 27.3 Å². The second-order valence-corrected chi connectivity index (χ2v) is 5.42. The highest BCUT2D eigenvalue weighted by atomic mass is 35.5. The SMILES string of the molecule is Nc1cc(Cl)cc(S(=O)(=O)NCC(F)(F)F)c1F. The quantitative estimate of drug-likeness (QED) is 0.662. The van der Waals surface area contributed by atoms with Crippen molar-refractivity contribution in [1.29, 1.82) is 0 Å². The molecule has 1 rings (SSSR count). The summed E-state index contributed by atoms with van der Waals surface area (Å²) < 4.78 is 73.2. The number of halogens is 5. The predicted molar refractivity (Wildman–Crippen MR) is 57.1 cm³/mol. The highest BCUT2D eigenvalue weighted by molar-refractivity contribution is 7.89. The molecule has 3 N–H and O–H groups in total. The van der Waals surface area contributed by atoms with Crippen molar-refractivity contribution in [3.05, 3.63) is 23.0 Å². The van der Waals surface area contributed by atoms with Crippen LogP contribution in [0.15, 0.2) is 17.0 Å². The number of hydrogen-bond donors (Lipinski definition) is 2. The summed E-state index contributed by atoms with van der Waals surface area (Å²) >= 11 is 5.46. The number of anilines is 1. The fourth-order valence-electron chi connectivity index (χ4n) is 1.03. The monoisotopic (exact) mass is 306 g/mol. The van der Waals surface area contributed by atoms with Crippen LogP contribution in [-0.2, 0) is 10.0 Å². The smallest absolute Gasteiger partial charge is 0.396 e. The highest BCUT2D eigenvalue weighted by Gasteiger charge is 2.31. The van der Waals surface area contributed by atoms with Gasteiger partial charge in [0.2, 0.25) is 10.0 Å². The Bertz CT molecular complexity index is 559. The topological polar surface area (TPSA) is 72.2 Å². The molecule has 0 atom stereocenters. The van der Waals surface area contributed by atoms with E-state index in [1.54, 1.807) is 0 Å². The summed E-state index contributed by atoms with van der Waals surface area (Å²) in [4.78, 5) is -1.03. The van der Waals surface area contributed by atoms with E-state index in [9.17, 15) is 26.0 Å². The third-order valence-electron chi connectivity index (χ3n) is 1.78. The van der Waals surface area contributed by atoms with Gasteiger partial charge in [0, 0.05) is 5.02 Å². The van der Waals surface area contributed by atoms with Crippen molar-refractivity contribution in [2.24, 2.45) is 0 Å². The summed E-state index contributed by atoms with van der Waals surface area (Å²) in [6.07, 6.45) is -4.76. The van der Waals surface area contributed by atoms with E-state index in [0.717, 1.165) is 6.07 Å². The predicted octanol–water partition coefficient (Wildman–Crippen LogP) is 1.90. The summed E-state index contributed by atoms with van der Waals surface area (Å²) in [5.41, 5.74) is 4.55. The molecule has 1 aromatic carbocycles. The fraction of sp³-hybridized carbons (Fsp3) is 0.250. The van der Waals surface area contributed by atoms with Crippen LogP contribution in [0.2, 0.25) is 5.02 Å². The number of nitrogen functional groups attached to an aromatic ring is 1. The lowest BCUT2D eigenvalue weighted by Crippen LogP contribution is -2.34. The summed E-state index contributed by atoms with van der Waals surface area (Å²) in [6, 6.07) is 1.62. The lowest BCUT2D eigenvalue weighted by Gasteiger charge is -2.11. The first-order valence-corrected chi connectivity index (χ1v) is 6.20. The number of nitrogens with one attached hydrogen (secondary N) is 1. The molecule has 10 heteroatoms. The zero-order chi connectivity index (χ0) is 14.1. The van der Waals surface area contributed by atoms with Gasteiger partial charge in [-0.25, -0.2) is 17.5 Å². The Hall–Kier alpha value is -1.06. The van der Waals surface area contributed by atoms with Gasteiger partial charge in [-0.15, -0.1) is 0 Å². The van der Waals surface area contributed by atoms with Gasteiger partial charge in [-0.1, -0.05) is 11.6 Å². The molecule has 1 aromatic rings. The maximum absolute atomic E-state index is 13.4. The molecule has 0 spiro atoms. The third-order valence-corrected chi connectivity index (χ3v) is 3.40. The van der Waals surface area contributed by atoms with Crippen LogP contribution in [0.1, 0.15) is 0 Å². The average Bonchev–Trinajstić information content (AvgIpc) is 2.19. The van der Waals surface area contributed by atoms with Gasteiger partial charge in [0.05, 0.1) is 5.69 Å². The molecule has 4 nitrogen and oxygen atoms in total. The minimum absolute atomic E-state index is 0.207. The van der Waals surface area contributed by atoms with Gasteiger partial charge in [-0.05, 0) is 12.1 Å². The number of benzene rings is 1. The van der Waals surface area contributed by atoms with Crippen molar-refractivity contribution in [1.82, 2.24) is 4.72 Å². The molecule has 0 saturated heterocycles. The van der Waals surface area contributed by atoms with Crippen molar-refractivity contribution < 1.29 is 26.0 Å². The van der Waals surface area contributed by atoms with Crippen molar-refractivity contribution in [3.8, 4) is 0 Å². The first kappa shape index (κ1) is 15.0. The van der Waals surface area contributed by atoms with E-state index in [1.807, 2.05) is 0 Å². The van der Waals surface area contributed by atoms with Gasteiger partial charge in [-0.3, -0.25) is 0 Å². The van der Waals surface area contributed by atoms with E-state index in [4.69, 9.17) is 17.3 Å². The Morgan fingerprint density at radius 3 is 2.39 bits per heavy atom. The van der Waals surface area contributed by atoms with Gasteiger partial charge < -0.3 is 5.73 Å². The minimum Gasteiger partial charge on any atom is -0.396 e. The number of hydrogen-bond acceptors (Lipinski definition) is 3. The largest absolute Gasteiger partial charge is 0.402 e. The molecular weight excluding hydrogens is 300 g/mol. The molecular formula is C8H7ClF4N2O2S. The molecule has 0 bridgehead atoms. The fourth-order valence-corrected chi connectivity index (χ4v) is 2.47. The van der Waals surface area contributed by atoms with Crippen LogP contribution in [0.25, 0.3) is 0 Å². The Morgan fingerprint density at radius 1 is 1.33 bits per heavy atom. The summed E-state index contributed by atoms with van der Waals surface area (Å²) in [6.45, 7) is -1.82. The zero-order valence-electron chi connectivity index (χ0n) is 8.55.